The van der Waals surface area contributed by atoms with Crippen molar-refractivity contribution < 1.29 is 14.3 Å². The highest BCUT2D eigenvalue weighted by Gasteiger charge is 2.19. The first-order valence-corrected chi connectivity index (χ1v) is 4.22. The molecule has 0 radical (unpaired) electrons. The zero-order chi connectivity index (χ0) is 10.7. The van der Waals surface area contributed by atoms with Gasteiger partial charge in [-0.05, 0) is 37.2 Å². The normalized spacial score (nSPS) is 12.5. The fourth-order valence-corrected chi connectivity index (χ4v) is 1.38. The molecule has 1 aromatic rings. The van der Waals surface area contributed by atoms with Gasteiger partial charge in [-0.3, -0.25) is 4.79 Å². The fourth-order valence-electron chi connectivity index (χ4n) is 1.38. The van der Waals surface area contributed by atoms with E-state index in [1.54, 1.807) is 14.0 Å². The van der Waals surface area contributed by atoms with E-state index in [2.05, 4.69) is 5.32 Å². The van der Waals surface area contributed by atoms with Crippen LogP contribution >= 0.6 is 0 Å². The Morgan fingerprint density at radius 3 is 2.64 bits per heavy atom. The summed E-state index contributed by atoms with van der Waals surface area (Å²) in [6, 6.07) is 3.29. The van der Waals surface area contributed by atoms with E-state index in [4.69, 9.17) is 5.11 Å². The molecule has 14 heavy (non-hydrogen) atoms. The average molecular weight is 197 g/mol. The molecule has 1 atom stereocenters. The molecule has 0 saturated heterocycles. The van der Waals surface area contributed by atoms with Crippen LogP contribution in [0, 0.1) is 12.7 Å². The lowest BCUT2D eigenvalue weighted by Gasteiger charge is -2.13. The van der Waals surface area contributed by atoms with Crippen molar-refractivity contribution in [3.05, 3.63) is 35.1 Å². The standard InChI is InChI=1S/C10H12FNO2/c1-6-5-7(11)3-4-8(6)9(12-2)10(13)14/h3-5,9,12H,1-2H3,(H,13,14). The zero-order valence-electron chi connectivity index (χ0n) is 8.04. The van der Waals surface area contributed by atoms with Crippen LogP contribution in [0.4, 0.5) is 4.39 Å². The quantitative estimate of drug-likeness (QED) is 0.771. The Hall–Kier alpha value is -1.42. The van der Waals surface area contributed by atoms with E-state index in [9.17, 15) is 9.18 Å². The molecule has 0 aromatic heterocycles. The van der Waals surface area contributed by atoms with Gasteiger partial charge in [-0.15, -0.1) is 0 Å². The van der Waals surface area contributed by atoms with E-state index >= 15 is 0 Å². The molecule has 0 heterocycles. The first-order valence-electron chi connectivity index (χ1n) is 4.22. The molecule has 4 heteroatoms. The van der Waals surface area contributed by atoms with Crippen LogP contribution in [0.2, 0.25) is 0 Å². The average Bonchev–Trinajstić information content (AvgIpc) is 2.09. The molecule has 3 nitrogen and oxygen atoms in total. The summed E-state index contributed by atoms with van der Waals surface area (Å²) in [6.45, 7) is 1.69. The number of hydrogen-bond acceptors (Lipinski definition) is 2. The molecule has 0 aliphatic carbocycles. The van der Waals surface area contributed by atoms with Crippen LogP contribution in [0.5, 0.6) is 0 Å². The van der Waals surface area contributed by atoms with Crippen molar-refractivity contribution in [2.45, 2.75) is 13.0 Å². The summed E-state index contributed by atoms with van der Waals surface area (Å²) in [5.74, 6) is -1.33. The smallest absolute Gasteiger partial charge is 0.325 e. The number of rotatable bonds is 3. The first kappa shape index (κ1) is 10.7. The number of aliphatic carboxylic acids is 1. The summed E-state index contributed by atoms with van der Waals surface area (Å²) < 4.78 is 12.7. The first-order chi connectivity index (χ1) is 6.56. The van der Waals surface area contributed by atoms with Crippen LogP contribution in [0.15, 0.2) is 18.2 Å². The number of hydrogen-bond donors (Lipinski definition) is 2. The maximum atomic E-state index is 12.7. The Kier molecular flexibility index (Phi) is 3.19. The van der Waals surface area contributed by atoms with E-state index in [-0.39, 0.29) is 5.82 Å². The van der Waals surface area contributed by atoms with Gasteiger partial charge in [0.1, 0.15) is 11.9 Å². The molecule has 0 bridgehead atoms. The van der Waals surface area contributed by atoms with Gasteiger partial charge in [-0.25, -0.2) is 4.39 Å². The third kappa shape index (κ3) is 2.09. The number of halogens is 1. The molecule has 1 aromatic carbocycles. The van der Waals surface area contributed by atoms with E-state index < -0.39 is 12.0 Å². The molecule has 0 saturated carbocycles. The lowest BCUT2D eigenvalue weighted by Crippen LogP contribution is -2.25. The van der Waals surface area contributed by atoms with Gasteiger partial charge in [0.25, 0.3) is 0 Å². The Balaban J connectivity index is 3.10. The predicted molar refractivity (Wildman–Crippen MR) is 50.6 cm³/mol. The monoisotopic (exact) mass is 197 g/mol. The third-order valence-corrected chi connectivity index (χ3v) is 2.08. The Morgan fingerprint density at radius 2 is 2.21 bits per heavy atom. The van der Waals surface area contributed by atoms with Crippen molar-refractivity contribution >= 4 is 5.97 Å². The van der Waals surface area contributed by atoms with Crippen LogP contribution in [0.25, 0.3) is 0 Å². The van der Waals surface area contributed by atoms with Crippen LogP contribution in [0.1, 0.15) is 17.2 Å². The highest BCUT2D eigenvalue weighted by molar-refractivity contribution is 5.76. The second-order valence-electron chi connectivity index (χ2n) is 3.06. The number of likely N-dealkylation sites (N-methyl/N-ethyl adjacent to an activating group) is 1. The molecular weight excluding hydrogens is 185 g/mol. The lowest BCUT2D eigenvalue weighted by atomic mass is 10.0. The fraction of sp³-hybridized carbons (Fsp3) is 0.300. The van der Waals surface area contributed by atoms with Crippen molar-refractivity contribution in [2.24, 2.45) is 0 Å². The number of carboxylic acid groups (broad SMARTS) is 1. The summed E-state index contributed by atoms with van der Waals surface area (Å²) in [6.07, 6.45) is 0. The molecule has 0 spiro atoms. The van der Waals surface area contributed by atoms with Crippen LogP contribution in [0.3, 0.4) is 0 Å². The van der Waals surface area contributed by atoms with Crippen LogP contribution in [-0.2, 0) is 4.79 Å². The van der Waals surface area contributed by atoms with Crippen molar-refractivity contribution in [1.29, 1.82) is 0 Å². The van der Waals surface area contributed by atoms with Crippen molar-refractivity contribution in [3.63, 3.8) is 0 Å². The minimum atomic E-state index is -0.970. The Morgan fingerprint density at radius 1 is 1.57 bits per heavy atom. The second kappa shape index (κ2) is 4.19. The van der Waals surface area contributed by atoms with Crippen LogP contribution in [-0.4, -0.2) is 18.1 Å². The van der Waals surface area contributed by atoms with Gasteiger partial charge in [0.15, 0.2) is 0 Å². The third-order valence-electron chi connectivity index (χ3n) is 2.08. The lowest BCUT2D eigenvalue weighted by molar-refractivity contribution is -0.139. The van der Waals surface area contributed by atoms with Crippen LogP contribution < -0.4 is 5.32 Å². The van der Waals surface area contributed by atoms with Gasteiger partial charge in [0.05, 0.1) is 0 Å². The van der Waals surface area contributed by atoms with Gasteiger partial charge in [0.2, 0.25) is 0 Å². The van der Waals surface area contributed by atoms with E-state index in [0.29, 0.717) is 11.1 Å². The summed E-state index contributed by atoms with van der Waals surface area (Å²) in [5, 5.41) is 11.5. The predicted octanol–water partition coefficient (Wildman–Crippen LogP) is 1.48. The van der Waals surface area contributed by atoms with Crippen molar-refractivity contribution in [2.75, 3.05) is 7.05 Å². The highest BCUT2D eigenvalue weighted by atomic mass is 19.1. The number of carboxylic acids is 1. The number of benzene rings is 1. The number of nitrogens with one attached hydrogen (secondary N) is 1. The highest BCUT2D eigenvalue weighted by Crippen LogP contribution is 2.18. The molecule has 1 unspecified atom stereocenters. The van der Waals surface area contributed by atoms with Crippen molar-refractivity contribution in [1.82, 2.24) is 5.32 Å². The second-order valence-corrected chi connectivity index (χ2v) is 3.06. The van der Waals surface area contributed by atoms with Gasteiger partial charge >= 0.3 is 5.97 Å². The molecule has 76 valence electrons. The Bertz CT molecular complexity index is 352. The minimum Gasteiger partial charge on any atom is -0.480 e. The molecule has 1 rings (SSSR count). The maximum Gasteiger partial charge on any atom is 0.325 e. The summed E-state index contributed by atoms with van der Waals surface area (Å²) in [4.78, 5) is 10.8. The molecule has 0 aliphatic heterocycles. The molecule has 0 fully saturated rings. The van der Waals surface area contributed by atoms with Gasteiger partial charge in [-0.1, -0.05) is 6.07 Å². The SMILES string of the molecule is CNC(C(=O)O)c1ccc(F)cc1C. The van der Waals surface area contributed by atoms with Gasteiger partial charge in [-0.2, -0.15) is 0 Å². The molecule has 2 N–H and O–H groups in total. The minimum absolute atomic E-state index is 0.355. The molecule has 0 amide bonds. The number of aryl methyl sites for hydroxylation is 1. The zero-order valence-corrected chi connectivity index (χ0v) is 8.04. The largest absolute Gasteiger partial charge is 0.480 e. The molecular formula is C10H12FNO2. The number of carbonyl (C=O) groups is 1. The maximum absolute atomic E-state index is 12.7. The Labute approximate surface area is 81.6 Å². The van der Waals surface area contributed by atoms with E-state index in [1.807, 2.05) is 0 Å². The van der Waals surface area contributed by atoms with Crippen molar-refractivity contribution in [3.8, 4) is 0 Å². The summed E-state index contributed by atoms with van der Waals surface area (Å²) >= 11 is 0. The van der Waals surface area contributed by atoms with E-state index in [1.165, 1.54) is 18.2 Å². The topological polar surface area (TPSA) is 49.3 Å². The van der Waals surface area contributed by atoms with Gasteiger partial charge in [0, 0.05) is 0 Å². The summed E-state index contributed by atoms with van der Waals surface area (Å²) in [5.41, 5.74) is 1.22. The van der Waals surface area contributed by atoms with Gasteiger partial charge < -0.3 is 10.4 Å². The molecule has 0 aliphatic rings. The van der Waals surface area contributed by atoms with E-state index in [0.717, 1.165) is 0 Å². The summed E-state index contributed by atoms with van der Waals surface area (Å²) in [7, 11) is 1.56.